The van der Waals surface area contributed by atoms with Crippen LogP contribution >= 0.6 is 0 Å². The number of carbonyl (C=O) groups is 1. The van der Waals surface area contributed by atoms with E-state index in [9.17, 15) is 10.1 Å². The van der Waals surface area contributed by atoms with Gasteiger partial charge in [-0.15, -0.1) is 0 Å². The van der Waals surface area contributed by atoms with Gasteiger partial charge in [0.05, 0.1) is 6.20 Å². The van der Waals surface area contributed by atoms with Gasteiger partial charge in [0.25, 0.3) is 0 Å². The van der Waals surface area contributed by atoms with Gasteiger partial charge in [0.2, 0.25) is 11.9 Å². The lowest BCUT2D eigenvalue weighted by Crippen LogP contribution is -2.27. The molecule has 11 nitrogen and oxygen atoms in total. The number of carbonyl (C=O) groups excluding carboxylic acids is 1. The molecule has 1 aliphatic heterocycles. The van der Waals surface area contributed by atoms with Crippen LogP contribution in [-0.2, 0) is 23.8 Å². The van der Waals surface area contributed by atoms with Crippen molar-refractivity contribution in [2.24, 2.45) is 7.05 Å². The summed E-state index contributed by atoms with van der Waals surface area (Å²) in [4.78, 5) is 24.4. The first-order valence-corrected chi connectivity index (χ1v) is 11.3. The quantitative estimate of drug-likeness (QED) is 0.446. The Labute approximate surface area is 201 Å². The van der Waals surface area contributed by atoms with E-state index in [2.05, 4.69) is 51.6 Å². The molecule has 1 amide bonds. The first-order valence-electron chi connectivity index (χ1n) is 11.3. The second-order valence-corrected chi connectivity index (χ2v) is 9.19. The Kier molecular flexibility index (Phi) is 5.36. The number of nitrogens with zero attached hydrogens (tertiary/aromatic N) is 7. The van der Waals surface area contributed by atoms with Crippen molar-refractivity contribution < 1.29 is 9.53 Å². The highest BCUT2D eigenvalue weighted by atomic mass is 16.5. The molecule has 0 saturated heterocycles. The van der Waals surface area contributed by atoms with Crippen molar-refractivity contribution in [3.63, 3.8) is 0 Å². The number of aromatic nitrogens is 6. The summed E-state index contributed by atoms with van der Waals surface area (Å²) in [6, 6.07) is 7.48. The largest absolute Gasteiger partial charge is 0.454 e. The molecule has 2 N–H and O–H groups in total. The van der Waals surface area contributed by atoms with Gasteiger partial charge < -0.3 is 19.9 Å². The van der Waals surface area contributed by atoms with Gasteiger partial charge in [0, 0.05) is 50.0 Å². The molecule has 35 heavy (non-hydrogen) atoms. The third-order valence-corrected chi connectivity index (χ3v) is 6.12. The summed E-state index contributed by atoms with van der Waals surface area (Å²) >= 11 is 0. The van der Waals surface area contributed by atoms with Crippen molar-refractivity contribution in [3.8, 4) is 17.6 Å². The van der Waals surface area contributed by atoms with Crippen molar-refractivity contribution in [1.82, 2.24) is 29.3 Å². The van der Waals surface area contributed by atoms with E-state index >= 15 is 0 Å². The topological polar surface area (TPSA) is 136 Å². The Hall–Kier alpha value is -4.46. The molecule has 0 aliphatic carbocycles. The van der Waals surface area contributed by atoms with E-state index in [1.54, 1.807) is 16.7 Å². The van der Waals surface area contributed by atoms with Crippen molar-refractivity contribution in [1.29, 1.82) is 5.26 Å². The fourth-order valence-corrected chi connectivity index (χ4v) is 4.41. The number of amides is 1. The SMILES string of the molecule is CC(=O)Nc1cc(Oc2cnc3nc(Nc4cc5n(n4)CCCC5(C)C)n(C)c3c2C#N)ccn1. The minimum absolute atomic E-state index is 0.0616. The normalized spacial score (nSPS) is 14.3. The van der Waals surface area contributed by atoms with E-state index in [1.165, 1.54) is 25.0 Å². The monoisotopic (exact) mass is 471 g/mol. The summed E-state index contributed by atoms with van der Waals surface area (Å²) in [7, 11) is 1.81. The predicted octanol–water partition coefficient (Wildman–Crippen LogP) is 4.00. The maximum absolute atomic E-state index is 11.3. The van der Waals surface area contributed by atoms with Gasteiger partial charge in [0.1, 0.15) is 28.7 Å². The number of nitrogens with one attached hydrogen (secondary N) is 2. The number of rotatable bonds is 5. The summed E-state index contributed by atoms with van der Waals surface area (Å²) in [5.74, 6) is 2.01. The molecule has 1 aliphatic rings. The Balaban J connectivity index is 1.48. The number of pyridine rings is 2. The number of aryl methyl sites for hydroxylation is 2. The van der Waals surface area contributed by atoms with Crippen molar-refractivity contribution in [2.75, 3.05) is 10.6 Å². The zero-order chi connectivity index (χ0) is 24.7. The zero-order valence-corrected chi connectivity index (χ0v) is 20.0. The number of nitriles is 1. The maximum Gasteiger partial charge on any atom is 0.222 e. The van der Waals surface area contributed by atoms with Crippen molar-refractivity contribution >= 4 is 34.7 Å². The van der Waals surface area contributed by atoms with Crippen LogP contribution in [0.3, 0.4) is 0 Å². The first-order chi connectivity index (χ1) is 16.7. The van der Waals surface area contributed by atoms with Crippen LogP contribution in [-0.4, -0.2) is 35.2 Å². The van der Waals surface area contributed by atoms with Gasteiger partial charge in [-0.1, -0.05) is 13.8 Å². The van der Waals surface area contributed by atoms with E-state index < -0.39 is 0 Å². The van der Waals surface area contributed by atoms with Crippen molar-refractivity contribution in [2.45, 2.75) is 45.6 Å². The van der Waals surface area contributed by atoms with Crippen LogP contribution in [0.1, 0.15) is 44.9 Å². The van der Waals surface area contributed by atoms with E-state index in [4.69, 9.17) is 9.84 Å². The number of imidazole rings is 1. The molecule has 5 rings (SSSR count). The van der Waals surface area contributed by atoms with Crippen LogP contribution in [0.15, 0.2) is 30.6 Å². The van der Waals surface area contributed by atoms with Crippen LogP contribution in [0.25, 0.3) is 11.2 Å². The number of anilines is 3. The predicted molar refractivity (Wildman–Crippen MR) is 130 cm³/mol. The third kappa shape index (κ3) is 4.14. The summed E-state index contributed by atoms with van der Waals surface area (Å²) in [5.41, 5.74) is 2.49. The van der Waals surface area contributed by atoms with Gasteiger partial charge in [-0.05, 0) is 18.9 Å². The summed E-state index contributed by atoms with van der Waals surface area (Å²) in [6.45, 7) is 6.74. The summed E-state index contributed by atoms with van der Waals surface area (Å²) < 4.78 is 9.75. The Morgan fingerprint density at radius 1 is 1.26 bits per heavy atom. The lowest BCUT2D eigenvalue weighted by molar-refractivity contribution is -0.114. The Bertz CT molecular complexity index is 1490. The second-order valence-electron chi connectivity index (χ2n) is 9.19. The molecule has 5 heterocycles. The standard InChI is InChI=1S/C24H25N9O2/c1-14(34)28-19-10-15(6-8-26-19)35-17-13-27-22-21(16(17)12-25)32(4)23(30-22)29-20-11-18-24(2,3)7-5-9-33(18)31-20/h6,8,10-11,13H,5,7,9H2,1-4H3,(H,26,28,34)(H,27,29,30,31). The number of ether oxygens (including phenoxy) is 1. The average molecular weight is 472 g/mol. The fourth-order valence-electron chi connectivity index (χ4n) is 4.41. The van der Waals surface area contributed by atoms with Crippen LogP contribution in [0.2, 0.25) is 0 Å². The van der Waals surface area contributed by atoms with Gasteiger partial charge in [-0.25, -0.2) is 9.97 Å². The molecule has 0 atom stereocenters. The molecule has 0 bridgehead atoms. The molecule has 4 aromatic heterocycles. The average Bonchev–Trinajstić information content (AvgIpc) is 3.36. The minimum atomic E-state index is -0.243. The maximum atomic E-state index is 11.3. The van der Waals surface area contributed by atoms with E-state index in [0.29, 0.717) is 40.1 Å². The van der Waals surface area contributed by atoms with E-state index in [1.807, 2.05) is 11.7 Å². The smallest absolute Gasteiger partial charge is 0.222 e. The molecular weight excluding hydrogens is 446 g/mol. The van der Waals surface area contributed by atoms with Gasteiger partial charge in [-0.3, -0.25) is 9.48 Å². The van der Waals surface area contributed by atoms with E-state index in [0.717, 1.165) is 19.4 Å². The molecule has 0 saturated carbocycles. The molecule has 0 fully saturated rings. The molecule has 0 aromatic carbocycles. The number of hydrogen-bond donors (Lipinski definition) is 2. The first kappa shape index (κ1) is 22.3. The highest BCUT2D eigenvalue weighted by Crippen LogP contribution is 2.36. The van der Waals surface area contributed by atoms with Gasteiger partial charge >= 0.3 is 0 Å². The fraction of sp³-hybridized carbons (Fsp3) is 0.333. The lowest BCUT2D eigenvalue weighted by atomic mass is 9.82. The summed E-state index contributed by atoms with van der Waals surface area (Å²) in [5, 5.41) is 20.6. The van der Waals surface area contributed by atoms with Crippen LogP contribution in [0.5, 0.6) is 11.5 Å². The van der Waals surface area contributed by atoms with Crippen LogP contribution in [0.4, 0.5) is 17.6 Å². The van der Waals surface area contributed by atoms with Gasteiger partial charge in [-0.2, -0.15) is 15.3 Å². The Morgan fingerprint density at radius 3 is 2.83 bits per heavy atom. The van der Waals surface area contributed by atoms with Crippen LogP contribution in [0, 0.1) is 11.3 Å². The molecule has 4 aromatic rings. The van der Waals surface area contributed by atoms with Crippen molar-refractivity contribution in [3.05, 3.63) is 41.9 Å². The lowest BCUT2D eigenvalue weighted by Gasteiger charge is -2.30. The molecule has 11 heteroatoms. The zero-order valence-electron chi connectivity index (χ0n) is 20.0. The third-order valence-electron chi connectivity index (χ3n) is 6.12. The molecule has 0 spiro atoms. The number of fused-ring (bicyclic) bond motifs is 2. The molecule has 0 radical (unpaired) electrons. The molecular formula is C24H25N9O2. The second kappa shape index (κ2) is 8.39. The Morgan fingerprint density at radius 2 is 2.09 bits per heavy atom. The molecule has 178 valence electrons. The number of hydrogen-bond acceptors (Lipinski definition) is 8. The van der Waals surface area contributed by atoms with E-state index in [-0.39, 0.29) is 17.1 Å². The molecule has 0 unspecified atom stereocenters. The van der Waals surface area contributed by atoms with Crippen LogP contribution < -0.4 is 15.4 Å². The minimum Gasteiger partial charge on any atom is -0.454 e. The van der Waals surface area contributed by atoms with Gasteiger partial charge in [0.15, 0.2) is 17.2 Å². The highest BCUT2D eigenvalue weighted by Gasteiger charge is 2.29. The summed E-state index contributed by atoms with van der Waals surface area (Å²) in [6.07, 6.45) is 5.19. The highest BCUT2D eigenvalue weighted by molar-refractivity contribution is 5.87.